The highest BCUT2D eigenvalue weighted by Crippen LogP contribution is 2.30. The molecule has 0 spiro atoms. The van der Waals surface area contributed by atoms with Crippen molar-refractivity contribution in [1.29, 1.82) is 0 Å². The maximum Gasteiger partial charge on any atom is 0.257 e. The van der Waals surface area contributed by atoms with Crippen molar-refractivity contribution in [2.75, 3.05) is 19.8 Å². The third-order valence-electron chi connectivity index (χ3n) is 4.35. The lowest BCUT2D eigenvalue weighted by atomic mass is 10.0. The minimum absolute atomic E-state index is 0.0185. The summed E-state index contributed by atoms with van der Waals surface area (Å²) in [6, 6.07) is 0. The molecule has 116 valence electrons. The SMILES string of the molecule is O=C(c1cn[nH]c1)N1CCc2oc(C3CCOCC3)nc2C1. The Morgan fingerprint density at radius 3 is 3.00 bits per heavy atom. The Balaban J connectivity index is 1.51. The van der Waals surface area contributed by atoms with Gasteiger partial charge < -0.3 is 14.1 Å². The maximum absolute atomic E-state index is 12.4. The van der Waals surface area contributed by atoms with E-state index in [4.69, 9.17) is 9.15 Å². The van der Waals surface area contributed by atoms with E-state index in [2.05, 4.69) is 15.2 Å². The van der Waals surface area contributed by atoms with Crippen LogP contribution in [-0.4, -0.2) is 45.7 Å². The molecule has 2 aliphatic heterocycles. The summed E-state index contributed by atoms with van der Waals surface area (Å²) in [5, 5.41) is 6.50. The van der Waals surface area contributed by atoms with E-state index in [0.717, 1.165) is 49.8 Å². The van der Waals surface area contributed by atoms with Crippen LogP contribution in [0, 0.1) is 0 Å². The van der Waals surface area contributed by atoms with Crippen LogP contribution in [0.2, 0.25) is 0 Å². The van der Waals surface area contributed by atoms with Gasteiger partial charge in [0.15, 0.2) is 5.89 Å². The number of fused-ring (bicyclic) bond motifs is 1. The summed E-state index contributed by atoms with van der Waals surface area (Å²) in [5.41, 5.74) is 1.47. The molecule has 0 aliphatic carbocycles. The van der Waals surface area contributed by atoms with E-state index < -0.39 is 0 Å². The quantitative estimate of drug-likeness (QED) is 0.908. The van der Waals surface area contributed by atoms with Crippen LogP contribution in [0.15, 0.2) is 16.8 Å². The van der Waals surface area contributed by atoms with E-state index in [9.17, 15) is 4.79 Å². The Labute approximate surface area is 127 Å². The third kappa shape index (κ3) is 2.41. The molecule has 0 atom stereocenters. The predicted octanol–water partition coefficient (Wildman–Crippen LogP) is 1.49. The molecule has 4 rings (SSSR count). The highest BCUT2D eigenvalue weighted by Gasteiger charge is 2.29. The number of nitrogens with zero attached hydrogens (tertiary/aromatic N) is 3. The van der Waals surface area contributed by atoms with Crippen LogP contribution in [0.25, 0.3) is 0 Å². The average molecular weight is 302 g/mol. The molecule has 0 aromatic carbocycles. The summed E-state index contributed by atoms with van der Waals surface area (Å²) < 4.78 is 11.3. The molecular weight excluding hydrogens is 284 g/mol. The van der Waals surface area contributed by atoms with E-state index in [1.54, 1.807) is 17.3 Å². The monoisotopic (exact) mass is 302 g/mol. The van der Waals surface area contributed by atoms with Crippen molar-refractivity contribution in [3.63, 3.8) is 0 Å². The molecule has 0 radical (unpaired) electrons. The molecule has 1 amide bonds. The standard InChI is InChI=1S/C15H18N4O3/c20-15(11-7-16-17-8-11)19-4-1-13-12(9-19)18-14(22-13)10-2-5-21-6-3-10/h7-8,10H,1-6,9H2,(H,16,17). The number of amides is 1. The number of carbonyl (C=O) groups is 1. The van der Waals surface area contributed by atoms with Gasteiger partial charge in [-0.15, -0.1) is 0 Å². The van der Waals surface area contributed by atoms with Gasteiger partial charge in [0.25, 0.3) is 5.91 Å². The van der Waals surface area contributed by atoms with Crippen LogP contribution < -0.4 is 0 Å². The van der Waals surface area contributed by atoms with Gasteiger partial charge in [0, 0.05) is 38.3 Å². The molecule has 22 heavy (non-hydrogen) atoms. The second-order valence-electron chi connectivity index (χ2n) is 5.77. The van der Waals surface area contributed by atoms with Gasteiger partial charge in [-0.1, -0.05) is 0 Å². The minimum atomic E-state index is -0.0185. The molecule has 1 fully saturated rings. The highest BCUT2D eigenvalue weighted by atomic mass is 16.5. The number of hydrogen-bond donors (Lipinski definition) is 1. The number of aromatic amines is 1. The zero-order valence-electron chi connectivity index (χ0n) is 12.2. The van der Waals surface area contributed by atoms with Crippen LogP contribution in [0.5, 0.6) is 0 Å². The first kappa shape index (κ1) is 13.5. The Bertz CT molecular complexity index is 658. The predicted molar refractivity (Wildman–Crippen MR) is 76.3 cm³/mol. The highest BCUT2D eigenvalue weighted by molar-refractivity contribution is 5.93. The number of oxazole rings is 1. The normalized spacial score (nSPS) is 19.2. The Morgan fingerprint density at radius 1 is 1.36 bits per heavy atom. The first-order valence-electron chi connectivity index (χ1n) is 7.65. The second kappa shape index (κ2) is 5.57. The summed E-state index contributed by atoms with van der Waals surface area (Å²) in [6.07, 6.45) is 5.80. The fraction of sp³-hybridized carbons (Fsp3) is 0.533. The number of rotatable bonds is 2. The molecule has 4 heterocycles. The molecule has 2 aliphatic rings. The van der Waals surface area contributed by atoms with Gasteiger partial charge in [0.05, 0.1) is 18.3 Å². The molecule has 1 N–H and O–H groups in total. The minimum Gasteiger partial charge on any atom is -0.445 e. The summed E-state index contributed by atoms with van der Waals surface area (Å²) in [7, 11) is 0. The van der Waals surface area contributed by atoms with Gasteiger partial charge in [-0.25, -0.2) is 4.98 Å². The van der Waals surface area contributed by atoms with Crippen molar-refractivity contribution >= 4 is 5.91 Å². The van der Waals surface area contributed by atoms with Gasteiger partial charge in [-0.3, -0.25) is 9.89 Å². The molecule has 0 bridgehead atoms. The lowest BCUT2D eigenvalue weighted by molar-refractivity contribution is 0.0726. The van der Waals surface area contributed by atoms with E-state index in [0.29, 0.717) is 24.6 Å². The maximum atomic E-state index is 12.4. The molecular formula is C15H18N4O3. The lowest BCUT2D eigenvalue weighted by Gasteiger charge is -2.24. The number of hydrogen-bond acceptors (Lipinski definition) is 5. The number of ether oxygens (including phenoxy) is 1. The fourth-order valence-electron chi connectivity index (χ4n) is 3.06. The summed E-state index contributed by atoms with van der Waals surface area (Å²) >= 11 is 0. The van der Waals surface area contributed by atoms with Gasteiger partial charge in [-0.2, -0.15) is 5.10 Å². The molecule has 2 aromatic heterocycles. The van der Waals surface area contributed by atoms with Crippen molar-refractivity contribution in [2.24, 2.45) is 0 Å². The van der Waals surface area contributed by atoms with E-state index >= 15 is 0 Å². The summed E-state index contributed by atoms with van der Waals surface area (Å²) in [5.74, 6) is 2.07. The topological polar surface area (TPSA) is 84.2 Å². The van der Waals surface area contributed by atoms with Crippen molar-refractivity contribution in [3.05, 3.63) is 35.3 Å². The lowest BCUT2D eigenvalue weighted by Crippen LogP contribution is -2.35. The van der Waals surface area contributed by atoms with Gasteiger partial charge in [0.2, 0.25) is 0 Å². The molecule has 1 saturated heterocycles. The van der Waals surface area contributed by atoms with Crippen LogP contribution in [0.1, 0.15) is 46.5 Å². The van der Waals surface area contributed by atoms with Gasteiger partial charge in [0.1, 0.15) is 11.5 Å². The Morgan fingerprint density at radius 2 is 2.23 bits per heavy atom. The van der Waals surface area contributed by atoms with Crippen molar-refractivity contribution in [3.8, 4) is 0 Å². The molecule has 2 aromatic rings. The van der Waals surface area contributed by atoms with E-state index in [1.165, 1.54) is 0 Å². The number of aromatic nitrogens is 3. The first-order chi connectivity index (χ1) is 10.8. The Hall–Kier alpha value is -2.15. The Kier molecular flexibility index (Phi) is 3.42. The summed E-state index contributed by atoms with van der Waals surface area (Å²) in [6.45, 7) is 2.69. The van der Waals surface area contributed by atoms with Crippen LogP contribution in [-0.2, 0) is 17.7 Å². The first-order valence-corrected chi connectivity index (χ1v) is 7.65. The summed E-state index contributed by atoms with van der Waals surface area (Å²) in [4.78, 5) is 18.8. The van der Waals surface area contributed by atoms with E-state index in [1.807, 2.05) is 0 Å². The van der Waals surface area contributed by atoms with E-state index in [-0.39, 0.29) is 5.91 Å². The molecule has 0 saturated carbocycles. The van der Waals surface area contributed by atoms with Crippen LogP contribution in [0.3, 0.4) is 0 Å². The van der Waals surface area contributed by atoms with Crippen molar-refractivity contribution in [2.45, 2.75) is 31.7 Å². The number of carbonyl (C=O) groups excluding carboxylic acids is 1. The van der Waals surface area contributed by atoms with Gasteiger partial charge in [-0.05, 0) is 12.8 Å². The molecule has 7 heteroatoms. The molecule has 7 nitrogen and oxygen atoms in total. The third-order valence-corrected chi connectivity index (χ3v) is 4.35. The van der Waals surface area contributed by atoms with Crippen molar-refractivity contribution < 1.29 is 13.9 Å². The zero-order chi connectivity index (χ0) is 14.9. The molecule has 0 unspecified atom stereocenters. The number of nitrogens with one attached hydrogen (secondary N) is 1. The van der Waals surface area contributed by atoms with Crippen LogP contribution >= 0.6 is 0 Å². The number of H-pyrrole nitrogens is 1. The average Bonchev–Trinajstić information content (AvgIpc) is 3.23. The van der Waals surface area contributed by atoms with Gasteiger partial charge >= 0.3 is 0 Å². The van der Waals surface area contributed by atoms with Crippen molar-refractivity contribution in [1.82, 2.24) is 20.1 Å². The zero-order valence-corrected chi connectivity index (χ0v) is 12.2. The van der Waals surface area contributed by atoms with Crippen LogP contribution in [0.4, 0.5) is 0 Å². The largest absolute Gasteiger partial charge is 0.445 e. The second-order valence-corrected chi connectivity index (χ2v) is 5.77. The fourth-order valence-corrected chi connectivity index (χ4v) is 3.06. The smallest absolute Gasteiger partial charge is 0.257 e.